The SMILES string of the molecule is COc1cccc2[nH]c(C(=O)NC(CC(C)C)C(=O)NC(C)(C#N)Cc3cccnc3)cc12. The molecule has 2 atom stereocenters. The van der Waals surface area contributed by atoms with Crippen molar-refractivity contribution in [3.8, 4) is 11.8 Å². The number of aromatic amines is 1. The molecule has 0 saturated heterocycles. The minimum atomic E-state index is -1.14. The average Bonchev–Trinajstić information content (AvgIpc) is 3.23. The monoisotopic (exact) mass is 447 g/mol. The van der Waals surface area contributed by atoms with E-state index in [1.165, 1.54) is 0 Å². The Kier molecular flexibility index (Phi) is 7.34. The third kappa shape index (κ3) is 5.89. The van der Waals surface area contributed by atoms with Crippen LogP contribution in [0.25, 0.3) is 10.9 Å². The highest BCUT2D eigenvalue weighted by Gasteiger charge is 2.31. The van der Waals surface area contributed by atoms with Gasteiger partial charge in [-0.15, -0.1) is 0 Å². The van der Waals surface area contributed by atoms with Crippen LogP contribution in [0.1, 0.15) is 43.2 Å². The number of aromatic nitrogens is 2. The number of amides is 2. The Bertz CT molecular complexity index is 1170. The first kappa shape index (κ1) is 23.8. The second-order valence-corrected chi connectivity index (χ2v) is 8.73. The van der Waals surface area contributed by atoms with Crippen LogP contribution in [0.4, 0.5) is 0 Å². The lowest BCUT2D eigenvalue weighted by Gasteiger charge is -2.27. The second-order valence-electron chi connectivity index (χ2n) is 8.73. The van der Waals surface area contributed by atoms with Crippen LogP contribution in [-0.2, 0) is 11.2 Å². The summed E-state index contributed by atoms with van der Waals surface area (Å²) in [7, 11) is 1.57. The predicted octanol–water partition coefficient (Wildman–Crippen LogP) is 3.36. The number of nitrogens with zero attached hydrogens (tertiary/aromatic N) is 2. The van der Waals surface area contributed by atoms with E-state index in [1.807, 2.05) is 38.1 Å². The molecular formula is C25H29N5O3. The van der Waals surface area contributed by atoms with Crippen LogP contribution in [0.3, 0.4) is 0 Å². The van der Waals surface area contributed by atoms with Crippen molar-refractivity contribution in [1.82, 2.24) is 20.6 Å². The van der Waals surface area contributed by atoms with Gasteiger partial charge in [0.15, 0.2) is 0 Å². The third-order valence-electron chi connectivity index (χ3n) is 5.34. The molecule has 8 heteroatoms. The molecule has 0 aliphatic carbocycles. The smallest absolute Gasteiger partial charge is 0.268 e. The van der Waals surface area contributed by atoms with Gasteiger partial charge in [-0.3, -0.25) is 14.6 Å². The van der Waals surface area contributed by atoms with Crippen molar-refractivity contribution in [2.45, 2.75) is 45.2 Å². The van der Waals surface area contributed by atoms with Gasteiger partial charge in [0.25, 0.3) is 5.91 Å². The summed E-state index contributed by atoms with van der Waals surface area (Å²) in [5.74, 6) is -0.00589. The Balaban J connectivity index is 1.78. The number of nitriles is 1. The predicted molar refractivity (Wildman–Crippen MR) is 126 cm³/mol. The maximum atomic E-state index is 13.2. The number of pyridine rings is 1. The van der Waals surface area contributed by atoms with Crippen molar-refractivity contribution in [3.63, 3.8) is 0 Å². The summed E-state index contributed by atoms with van der Waals surface area (Å²) < 4.78 is 5.36. The largest absolute Gasteiger partial charge is 0.496 e. The maximum Gasteiger partial charge on any atom is 0.268 e. The van der Waals surface area contributed by atoms with Crippen LogP contribution < -0.4 is 15.4 Å². The lowest BCUT2D eigenvalue weighted by molar-refractivity contribution is -0.124. The minimum Gasteiger partial charge on any atom is -0.496 e. The highest BCUT2D eigenvalue weighted by atomic mass is 16.5. The fourth-order valence-corrected chi connectivity index (χ4v) is 3.75. The number of carbonyl (C=O) groups is 2. The highest BCUT2D eigenvalue weighted by Crippen LogP contribution is 2.26. The fourth-order valence-electron chi connectivity index (χ4n) is 3.75. The van der Waals surface area contributed by atoms with E-state index in [9.17, 15) is 14.9 Å². The summed E-state index contributed by atoms with van der Waals surface area (Å²) in [6.45, 7) is 5.61. The van der Waals surface area contributed by atoms with E-state index in [0.717, 1.165) is 16.5 Å². The molecule has 0 saturated carbocycles. The van der Waals surface area contributed by atoms with Gasteiger partial charge in [-0.05, 0) is 49.1 Å². The number of H-pyrrole nitrogens is 1. The number of nitrogens with one attached hydrogen (secondary N) is 3. The lowest BCUT2D eigenvalue weighted by atomic mass is 9.94. The van der Waals surface area contributed by atoms with Gasteiger partial charge in [0, 0.05) is 29.7 Å². The molecule has 3 aromatic rings. The molecule has 0 fully saturated rings. The molecule has 2 aromatic heterocycles. The van der Waals surface area contributed by atoms with E-state index in [2.05, 4.69) is 26.7 Å². The Morgan fingerprint density at radius 1 is 1.27 bits per heavy atom. The molecule has 3 rings (SSSR count). The van der Waals surface area contributed by atoms with Crippen LogP contribution in [0.5, 0.6) is 5.75 Å². The van der Waals surface area contributed by atoms with Crippen molar-refractivity contribution in [2.24, 2.45) is 5.92 Å². The molecule has 2 unspecified atom stereocenters. The van der Waals surface area contributed by atoms with Gasteiger partial charge >= 0.3 is 0 Å². The van der Waals surface area contributed by atoms with Crippen molar-refractivity contribution in [2.75, 3.05) is 7.11 Å². The number of fused-ring (bicyclic) bond motifs is 1. The van der Waals surface area contributed by atoms with Crippen molar-refractivity contribution >= 4 is 22.7 Å². The molecule has 8 nitrogen and oxygen atoms in total. The zero-order valence-corrected chi connectivity index (χ0v) is 19.3. The second kappa shape index (κ2) is 10.2. The first-order valence-corrected chi connectivity index (χ1v) is 10.8. The average molecular weight is 448 g/mol. The van der Waals surface area contributed by atoms with E-state index < -0.39 is 23.4 Å². The van der Waals surface area contributed by atoms with Gasteiger partial charge in [-0.1, -0.05) is 26.0 Å². The summed E-state index contributed by atoms with van der Waals surface area (Å²) in [6.07, 6.45) is 4.04. The molecule has 2 heterocycles. The van der Waals surface area contributed by atoms with E-state index >= 15 is 0 Å². The van der Waals surface area contributed by atoms with Gasteiger partial charge in [0.2, 0.25) is 5.91 Å². The number of ether oxygens (including phenoxy) is 1. The summed E-state index contributed by atoms with van der Waals surface area (Å²) in [5.41, 5.74) is 0.778. The number of benzene rings is 1. The van der Waals surface area contributed by atoms with Gasteiger partial charge in [-0.25, -0.2) is 0 Å². The third-order valence-corrected chi connectivity index (χ3v) is 5.34. The van der Waals surface area contributed by atoms with Crippen LogP contribution in [0, 0.1) is 17.2 Å². The maximum absolute atomic E-state index is 13.2. The number of rotatable bonds is 9. The fraction of sp³-hybridized carbons (Fsp3) is 0.360. The molecule has 172 valence electrons. The van der Waals surface area contributed by atoms with Gasteiger partial charge in [-0.2, -0.15) is 5.26 Å². The summed E-state index contributed by atoms with van der Waals surface area (Å²) >= 11 is 0. The Hall–Kier alpha value is -3.86. The molecule has 0 aliphatic rings. The normalized spacial score (nSPS) is 13.7. The van der Waals surface area contributed by atoms with E-state index in [-0.39, 0.29) is 5.92 Å². The topological polar surface area (TPSA) is 120 Å². The zero-order valence-electron chi connectivity index (χ0n) is 19.3. The number of methoxy groups -OCH3 is 1. The summed E-state index contributed by atoms with van der Waals surface area (Å²) in [5, 5.41) is 16.2. The standard InChI is InChI=1S/C25H29N5O3/c1-16(2)11-20(24(32)30-25(3,15-26)13-17-7-6-10-27-14-17)29-23(31)21-12-18-19(28-21)8-5-9-22(18)33-4/h5-10,12,14,16,20,28H,11,13H2,1-4H3,(H,29,31)(H,30,32). The van der Waals surface area contributed by atoms with Crippen LogP contribution >= 0.6 is 0 Å². The van der Waals surface area contributed by atoms with Gasteiger partial charge in [0.05, 0.1) is 13.2 Å². The number of carbonyl (C=O) groups excluding carboxylic acids is 2. The Labute approximate surface area is 193 Å². The molecule has 33 heavy (non-hydrogen) atoms. The van der Waals surface area contributed by atoms with Gasteiger partial charge in [0.1, 0.15) is 23.0 Å². The number of hydrogen-bond acceptors (Lipinski definition) is 5. The molecule has 2 amide bonds. The summed E-state index contributed by atoms with van der Waals surface area (Å²) in [4.78, 5) is 33.3. The van der Waals surface area contributed by atoms with E-state index in [0.29, 0.717) is 24.3 Å². The van der Waals surface area contributed by atoms with Crippen molar-refractivity contribution in [1.29, 1.82) is 5.26 Å². The molecule has 0 bridgehead atoms. The zero-order chi connectivity index (χ0) is 24.0. The summed E-state index contributed by atoms with van der Waals surface area (Å²) in [6, 6.07) is 12.2. The number of hydrogen-bond donors (Lipinski definition) is 3. The molecule has 1 aromatic carbocycles. The Morgan fingerprint density at radius 3 is 2.70 bits per heavy atom. The van der Waals surface area contributed by atoms with Crippen molar-refractivity contribution < 1.29 is 14.3 Å². The van der Waals surface area contributed by atoms with Crippen LogP contribution in [0.2, 0.25) is 0 Å². The lowest BCUT2D eigenvalue weighted by Crippen LogP contribution is -2.55. The van der Waals surface area contributed by atoms with E-state index in [1.54, 1.807) is 38.6 Å². The molecule has 0 radical (unpaired) electrons. The minimum absolute atomic E-state index is 0.149. The van der Waals surface area contributed by atoms with Crippen molar-refractivity contribution in [3.05, 3.63) is 60.0 Å². The van der Waals surface area contributed by atoms with Crippen LogP contribution in [-0.4, -0.2) is 40.5 Å². The van der Waals surface area contributed by atoms with E-state index in [4.69, 9.17) is 4.74 Å². The molecule has 3 N–H and O–H groups in total. The molecular weight excluding hydrogens is 418 g/mol. The molecule has 0 spiro atoms. The quantitative estimate of drug-likeness (QED) is 0.465. The molecule has 0 aliphatic heterocycles. The first-order valence-electron chi connectivity index (χ1n) is 10.8. The highest BCUT2D eigenvalue weighted by molar-refractivity contribution is 6.01. The Morgan fingerprint density at radius 2 is 2.06 bits per heavy atom. The van der Waals surface area contributed by atoms with Crippen LogP contribution in [0.15, 0.2) is 48.8 Å². The van der Waals surface area contributed by atoms with Gasteiger partial charge < -0.3 is 20.4 Å². The first-order chi connectivity index (χ1) is 15.7.